The van der Waals surface area contributed by atoms with E-state index in [1.807, 2.05) is 36.4 Å². The molecule has 0 bridgehead atoms. The highest BCUT2D eigenvalue weighted by molar-refractivity contribution is 6.22. The first kappa shape index (κ1) is 11.1. The van der Waals surface area contributed by atoms with Crippen LogP contribution in [0.15, 0.2) is 30.3 Å². The highest BCUT2D eigenvalue weighted by Crippen LogP contribution is 2.13. The molecule has 1 atom stereocenters. The number of benzene rings is 1. The molecule has 76 valence electrons. The minimum atomic E-state index is 0.122. The second-order valence-corrected chi connectivity index (χ2v) is 3.62. The zero-order valence-corrected chi connectivity index (χ0v) is 9.29. The monoisotopic (exact) mass is 210 g/mol. The van der Waals surface area contributed by atoms with E-state index in [0.717, 1.165) is 17.7 Å². The molecule has 0 radical (unpaired) electrons. The summed E-state index contributed by atoms with van der Waals surface area (Å²) in [6.45, 7) is 2.07. The molecular formula is C12H15ClO. The molecule has 0 heterocycles. The van der Waals surface area contributed by atoms with Crippen molar-refractivity contribution in [1.29, 1.82) is 0 Å². The highest BCUT2D eigenvalue weighted by atomic mass is 35.5. The number of alkyl halides is 1. The Balaban J connectivity index is 2.64. The minimum absolute atomic E-state index is 0.122. The molecule has 1 rings (SSSR count). The van der Waals surface area contributed by atoms with Crippen LogP contribution in [0.2, 0.25) is 0 Å². The highest BCUT2D eigenvalue weighted by Gasteiger charge is 1.94. The van der Waals surface area contributed by atoms with Gasteiger partial charge in [-0.1, -0.05) is 31.2 Å². The Bertz CT molecular complexity index is 290. The minimum Gasteiger partial charge on any atom is -0.497 e. The molecule has 0 spiro atoms. The van der Waals surface area contributed by atoms with E-state index in [0.29, 0.717) is 0 Å². The standard InChI is InChI=1S/C12H15ClO/c1-3-11(13)7-4-10-5-8-12(14-2)9-6-10/h4-9,11H,3H2,1-2H3/b7-4+/t11-/m0/s1. The second kappa shape index (κ2) is 5.71. The van der Waals surface area contributed by atoms with Gasteiger partial charge in [0.15, 0.2) is 0 Å². The number of allylic oxidation sites excluding steroid dienone is 1. The molecule has 0 amide bonds. The SMILES string of the molecule is CC[C@H](Cl)/C=C/c1ccc(OC)cc1. The predicted octanol–water partition coefficient (Wildman–Crippen LogP) is 3.73. The van der Waals surface area contributed by atoms with Gasteiger partial charge in [-0.05, 0) is 24.1 Å². The van der Waals surface area contributed by atoms with Crippen molar-refractivity contribution in [2.75, 3.05) is 7.11 Å². The zero-order valence-electron chi connectivity index (χ0n) is 8.53. The Morgan fingerprint density at radius 2 is 2.00 bits per heavy atom. The van der Waals surface area contributed by atoms with Gasteiger partial charge < -0.3 is 4.74 Å². The summed E-state index contributed by atoms with van der Waals surface area (Å²) in [5, 5.41) is 0.122. The second-order valence-electron chi connectivity index (χ2n) is 3.06. The van der Waals surface area contributed by atoms with Crippen molar-refractivity contribution < 1.29 is 4.74 Å². The number of rotatable bonds is 4. The third-order valence-corrected chi connectivity index (χ3v) is 2.46. The van der Waals surface area contributed by atoms with Crippen molar-refractivity contribution in [3.8, 4) is 5.75 Å². The Morgan fingerprint density at radius 3 is 2.50 bits per heavy atom. The molecule has 1 nitrogen and oxygen atoms in total. The number of hydrogen-bond acceptors (Lipinski definition) is 1. The van der Waals surface area contributed by atoms with Crippen LogP contribution in [-0.4, -0.2) is 12.5 Å². The van der Waals surface area contributed by atoms with E-state index in [9.17, 15) is 0 Å². The fourth-order valence-electron chi connectivity index (χ4n) is 1.07. The summed E-state index contributed by atoms with van der Waals surface area (Å²) in [4.78, 5) is 0. The van der Waals surface area contributed by atoms with Gasteiger partial charge in [0, 0.05) is 0 Å². The van der Waals surface area contributed by atoms with Crippen molar-refractivity contribution in [3.05, 3.63) is 35.9 Å². The van der Waals surface area contributed by atoms with Crippen LogP contribution >= 0.6 is 11.6 Å². The molecule has 1 aromatic carbocycles. The third kappa shape index (κ3) is 3.43. The quantitative estimate of drug-likeness (QED) is 0.689. The molecule has 0 saturated carbocycles. The van der Waals surface area contributed by atoms with E-state index < -0.39 is 0 Å². The van der Waals surface area contributed by atoms with Crippen molar-refractivity contribution in [2.45, 2.75) is 18.7 Å². The Morgan fingerprint density at radius 1 is 1.36 bits per heavy atom. The first-order valence-corrected chi connectivity index (χ1v) is 5.16. The lowest BCUT2D eigenvalue weighted by Crippen LogP contribution is -1.87. The van der Waals surface area contributed by atoms with E-state index in [1.165, 1.54) is 0 Å². The van der Waals surface area contributed by atoms with Gasteiger partial charge >= 0.3 is 0 Å². The van der Waals surface area contributed by atoms with Gasteiger partial charge in [-0.3, -0.25) is 0 Å². The summed E-state index contributed by atoms with van der Waals surface area (Å²) >= 11 is 5.96. The molecule has 0 aliphatic carbocycles. The molecule has 0 aliphatic heterocycles. The van der Waals surface area contributed by atoms with Crippen LogP contribution in [0, 0.1) is 0 Å². The van der Waals surface area contributed by atoms with Gasteiger partial charge in [-0.2, -0.15) is 0 Å². The van der Waals surface area contributed by atoms with E-state index in [4.69, 9.17) is 16.3 Å². The maximum absolute atomic E-state index is 5.96. The van der Waals surface area contributed by atoms with Crippen LogP contribution in [0.3, 0.4) is 0 Å². The van der Waals surface area contributed by atoms with Gasteiger partial charge in [-0.15, -0.1) is 11.6 Å². The summed E-state index contributed by atoms with van der Waals surface area (Å²) in [6, 6.07) is 7.90. The molecule has 0 N–H and O–H groups in total. The molecule has 0 aliphatic rings. The number of hydrogen-bond donors (Lipinski definition) is 0. The van der Waals surface area contributed by atoms with Crippen LogP contribution in [0.5, 0.6) is 5.75 Å². The Hall–Kier alpha value is -0.950. The number of ether oxygens (including phenoxy) is 1. The lowest BCUT2D eigenvalue weighted by atomic mass is 10.2. The summed E-state index contributed by atoms with van der Waals surface area (Å²) < 4.78 is 5.07. The summed E-state index contributed by atoms with van der Waals surface area (Å²) in [7, 11) is 1.66. The number of methoxy groups -OCH3 is 1. The van der Waals surface area contributed by atoms with E-state index >= 15 is 0 Å². The van der Waals surface area contributed by atoms with E-state index in [2.05, 4.69) is 6.92 Å². The zero-order chi connectivity index (χ0) is 10.4. The molecule has 0 unspecified atom stereocenters. The maximum atomic E-state index is 5.96. The van der Waals surface area contributed by atoms with Gasteiger partial charge in [0.2, 0.25) is 0 Å². The summed E-state index contributed by atoms with van der Waals surface area (Å²) in [5.41, 5.74) is 1.14. The molecule has 0 fully saturated rings. The van der Waals surface area contributed by atoms with Crippen LogP contribution in [-0.2, 0) is 0 Å². The molecule has 2 heteroatoms. The normalized spacial score (nSPS) is 13.1. The van der Waals surface area contributed by atoms with Crippen LogP contribution in [0.4, 0.5) is 0 Å². The van der Waals surface area contributed by atoms with Gasteiger partial charge in [0.25, 0.3) is 0 Å². The number of halogens is 1. The van der Waals surface area contributed by atoms with Crippen molar-refractivity contribution >= 4 is 17.7 Å². The maximum Gasteiger partial charge on any atom is 0.118 e. The summed E-state index contributed by atoms with van der Waals surface area (Å²) in [5.74, 6) is 0.875. The molecule has 14 heavy (non-hydrogen) atoms. The molecule has 0 saturated heterocycles. The van der Waals surface area contributed by atoms with Crippen molar-refractivity contribution in [1.82, 2.24) is 0 Å². The van der Waals surface area contributed by atoms with Gasteiger partial charge in [-0.25, -0.2) is 0 Å². The van der Waals surface area contributed by atoms with Gasteiger partial charge in [0.1, 0.15) is 5.75 Å². The largest absolute Gasteiger partial charge is 0.497 e. The predicted molar refractivity (Wildman–Crippen MR) is 62.0 cm³/mol. The molecule has 1 aromatic rings. The fourth-order valence-corrected chi connectivity index (χ4v) is 1.14. The lowest BCUT2D eigenvalue weighted by molar-refractivity contribution is 0.415. The van der Waals surface area contributed by atoms with Crippen molar-refractivity contribution in [3.63, 3.8) is 0 Å². The smallest absolute Gasteiger partial charge is 0.118 e. The van der Waals surface area contributed by atoms with Crippen LogP contribution in [0.25, 0.3) is 6.08 Å². The first-order valence-electron chi connectivity index (χ1n) is 4.72. The van der Waals surface area contributed by atoms with Gasteiger partial charge in [0.05, 0.1) is 12.5 Å². The molecule has 0 aromatic heterocycles. The van der Waals surface area contributed by atoms with E-state index in [1.54, 1.807) is 7.11 Å². The van der Waals surface area contributed by atoms with E-state index in [-0.39, 0.29) is 5.38 Å². The Labute approximate surface area is 90.3 Å². The third-order valence-electron chi connectivity index (χ3n) is 2.00. The lowest BCUT2D eigenvalue weighted by Gasteiger charge is -2.00. The topological polar surface area (TPSA) is 9.23 Å². The molecular weight excluding hydrogens is 196 g/mol. The first-order chi connectivity index (χ1) is 6.76. The summed E-state index contributed by atoms with van der Waals surface area (Å²) in [6.07, 6.45) is 4.98. The fraction of sp³-hybridized carbons (Fsp3) is 0.333. The average molecular weight is 211 g/mol. The van der Waals surface area contributed by atoms with Crippen molar-refractivity contribution in [2.24, 2.45) is 0 Å². The van der Waals surface area contributed by atoms with Crippen LogP contribution in [0.1, 0.15) is 18.9 Å². The Kier molecular flexibility index (Phi) is 4.54. The van der Waals surface area contributed by atoms with Crippen LogP contribution < -0.4 is 4.74 Å². The average Bonchev–Trinajstić information content (AvgIpc) is 2.26.